The largest absolute Gasteiger partial charge is 0.368 e. The van der Waals surface area contributed by atoms with Gasteiger partial charge in [-0.2, -0.15) is 0 Å². The Labute approximate surface area is 242 Å². The molecular weight excluding hydrogens is 570 g/mol. The van der Waals surface area contributed by atoms with Crippen LogP contribution in [-0.4, -0.2) is 49.7 Å². The second-order valence-electron chi connectivity index (χ2n) is 8.19. The molecule has 5 rings (SSSR count). The van der Waals surface area contributed by atoms with Gasteiger partial charge in [-0.15, -0.1) is 24.8 Å². The lowest BCUT2D eigenvalue weighted by atomic mass is 10.1. The highest BCUT2D eigenvalue weighted by atomic mass is 35.5. The minimum atomic E-state index is -0.433. The first kappa shape index (κ1) is 29.3. The fraction of sp³-hybridized carbons (Fsp3) is 0.154. The molecule has 12 heteroatoms. The summed E-state index contributed by atoms with van der Waals surface area (Å²) in [6.07, 6.45) is 0. The molecule has 0 aromatic heterocycles. The summed E-state index contributed by atoms with van der Waals surface area (Å²) < 4.78 is 0. The van der Waals surface area contributed by atoms with Crippen molar-refractivity contribution in [3.05, 3.63) is 93.0 Å². The van der Waals surface area contributed by atoms with Gasteiger partial charge in [0.05, 0.1) is 34.3 Å². The average molecular weight is 594 g/mol. The molecule has 4 N–H and O–H groups in total. The number of nitrogens with one attached hydrogen (secondary N) is 4. The van der Waals surface area contributed by atoms with Crippen molar-refractivity contribution in [2.24, 2.45) is 9.98 Å². The maximum atomic E-state index is 12.8. The smallest absolute Gasteiger partial charge is 0.257 e. The zero-order valence-corrected chi connectivity index (χ0v) is 23.0. The van der Waals surface area contributed by atoms with E-state index in [9.17, 15) is 9.59 Å². The molecule has 0 saturated heterocycles. The lowest BCUT2D eigenvalue weighted by Gasteiger charge is -2.12. The van der Waals surface area contributed by atoms with Gasteiger partial charge in [-0.1, -0.05) is 23.2 Å². The molecule has 0 bridgehead atoms. The Kier molecular flexibility index (Phi) is 9.99. The van der Waals surface area contributed by atoms with Gasteiger partial charge in [-0.3, -0.25) is 19.6 Å². The van der Waals surface area contributed by atoms with E-state index in [-0.39, 0.29) is 46.0 Å². The van der Waals surface area contributed by atoms with Gasteiger partial charge in [-0.05, 0) is 60.7 Å². The maximum absolute atomic E-state index is 12.8. The molecule has 0 radical (unpaired) electrons. The zero-order chi connectivity index (χ0) is 25.1. The summed E-state index contributed by atoms with van der Waals surface area (Å²) in [6.45, 7) is 3.14. The fourth-order valence-electron chi connectivity index (χ4n) is 3.90. The number of carbonyl (C=O) groups is 2. The predicted octanol–water partition coefficient (Wildman–Crippen LogP) is 5.04. The van der Waals surface area contributed by atoms with E-state index in [1.54, 1.807) is 24.3 Å². The molecule has 2 aliphatic heterocycles. The van der Waals surface area contributed by atoms with E-state index in [1.807, 2.05) is 24.3 Å². The molecule has 0 fully saturated rings. The molecule has 8 nitrogen and oxygen atoms in total. The van der Waals surface area contributed by atoms with Crippen molar-refractivity contribution < 1.29 is 9.59 Å². The third kappa shape index (κ3) is 6.57. The van der Waals surface area contributed by atoms with Crippen LogP contribution in [0.15, 0.2) is 70.6 Å². The number of amides is 2. The second-order valence-corrected chi connectivity index (χ2v) is 9.00. The van der Waals surface area contributed by atoms with Crippen LogP contribution in [0, 0.1) is 0 Å². The summed E-state index contributed by atoms with van der Waals surface area (Å²) in [7, 11) is 0. The van der Waals surface area contributed by atoms with Crippen molar-refractivity contribution in [2.75, 3.05) is 36.8 Å². The van der Waals surface area contributed by atoms with Crippen molar-refractivity contribution >= 4 is 82.9 Å². The predicted molar refractivity (Wildman–Crippen MR) is 159 cm³/mol. The molecule has 0 saturated carbocycles. The van der Waals surface area contributed by atoms with Crippen LogP contribution in [0.25, 0.3) is 0 Å². The minimum Gasteiger partial charge on any atom is -0.368 e. The van der Waals surface area contributed by atoms with Crippen LogP contribution in [-0.2, 0) is 0 Å². The number of halogens is 4. The van der Waals surface area contributed by atoms with Gasteiger partial charge >= 0.3 is 0 Å². The first-order valence-electron chi connectivity index (χ1n) is 11.4. The van der Waals surface area contributed by atoms with Gasteiger partial charge in [0.25, 0.3) is 11.8 Å². The van der Waals surface area contributed by atoms with Crippen molar-refractivity contribution in [3.63, 3.8) is 0 Å². The number of hydrogen-bond donors (Lipinski definition) is 4. The molecule has 0 atom stereocenters. The van der Waals surface area contributed by atoms with Crippen LogP contribution < -0.4 is 21.3 Å². The Morgan fingerprint density at radius 2 is 1.03 bits per heavy atom. The van der Waals surface area contributed by atoms with Gasteiger partial charge in [0, 0.05) is 35.6 Å². The number of aliphatic imine (C=N–C) groups is 2. The van der Waals surface area contributed by atoms with Gasteiger partial charge in [0.1, 0.15) is 11.7 Å². The number of benzene rings is 3. The van der Waals surface area contributed by atoms with Crippen LogP contribution in [0.1, 0.15) is 31.8 Å². The van der Waals surface area contributed by atoms with E-state index in [4.69, 9.17) is 23.2 Å². The molecule has 2 heterocycles. The molecule has 2 amide bonds. The number of amidine groups is 2. The van der Waals surface area contributed by atoms with Crippen molar-refractivity contribution in [1.82, 2.24) is 10.6 Å². The second kappa shape index (κ2) is 13.0. The quantitative estimate of drug-likeness (QED) is 0.321. The summed E-state index contributed by atoms with van der Waals surface area (Å²) in [5, 5.41) is 12.2. The monoisotopic (exact) mass is 592 g/mol. The Balaban J connectivity index is 0.00000200. The van der Waals surface area contributed by atoms with Crippen LogP contribution in [0.2, 0.25) is 10.0 Å². The minimum absolute atomic E-state index is 0. The SMILES string of the molecule is Cl.Cl.O=C(Nc1ccc(C2=NCCN2)cc1)c1cc(Cl)c(C(=O)Nc2ccc(C3=NCCN3)cc2)cc1Cl. The summed E-state index contributed by atoms with van der Waals surface area (Å²) >= 11 is 12.7. The fourth-order valence-corrected chi connectivity index (χ4v) is 4.40. The van der Waals surface area contributed by atoms with E-state index in [2.05, 4.69) is 31.3 Å². The van der Waals surface area contributed by atoms with Crippen LogP contribution >= 0.6 is 48.0 Å². The highest BCUT2D eigenvalue weighted by molar-refractivity contribution is 6.38. The summed E-state index contributed by atoms with van der Waals surface area (Å²) in [5.41, 5.74) is 3.41. The summed E-state index contributed by atoms with van der Waals surface area (Å²) in [5.74, 6) is 0.814. The standard InChI is InChI=1S/C26H22Cl2N6O2.2ClH/c27-21-14-20(26(36)34-18-7-3-16(4-8-18)24-31-11-12-32-24)22(28)13-19(21)25(35)33-17-5-1-15(2-6-17)23-29-9-10-30-23;;/h1-8,13-14H,9-12H2,(H,29,30)(H,31,32)(H,33,35)(H,34,36);2*1H. The van der Waals surface area contributed by atoms with Crippen molar-refractivity contribution in [2.45, 2.75) is 0 Å². The summed E-state index contributed by atoms with van der Waals surface area (Å²) in [6, 6.07) is 17.4. The molecule has 0 unspecified atom stereocenters. The number of hydrogen-bond acceptors (Lipinski definition) is 6. The van der Waals surface area contributed by atoms with Gasteiger partial charge in [0.2, 0.25) is 0 Å². The van der Waals surface area contributed by atoms with Crippen LogP contribution in [0.5, 0.6) is 0 Å². The topological polar surface area (TPSA) is 107 Å². The first-order chi connectivity index (χ1) is 17.5. The Morgan fingerprint density at radius 3 is 1.34 bits per heavy atom. The van der Waals surface area contributed by atoms with Crippen LogP contribution in [0.4, 0.5) is 11.4 Å². The molecule has 3 aromatic carbocycles. The molecule has 198 valence electrons. The van der Waals surface area contributed by atoms with Crippen LogP contribution in [0.3, 0.4) is 0 Å². The molecular formula is C26H24Cl4N6O2. The van der Waals surface area contributed by atoms with Crippen molar-refractivity contribution in [3.8, 4) is 0 Å². The number of nitrogens with zero attached hydrogens (tertiary/aromatic N) is 2. The van der Waals surface area contributed by atoms with Gasteiger partial charge < -0.3 is 21.3 Å². The highest BCUT2D eigenvalue weighted by Crippen LogP contribution is 2.27. The lowest BCUT2D eigenvalue weighted by molar-refractivity contribution is 0.101. The third-order valence-corrected chi connectivity index (χ3v) is 6.35. The van der Waals surface area contributed by atoms with Crippen molar-refractivity contribution in [1.29, 1.82) is 0 Å². The Morgan fingerprint density at radius 1 is 0.658 bits per heavy atom. The maximum Gasteiger partial charge on any atom is 0.257 e. The Hall–Kier alpha value is -3.30. The Bertz CT molecular complexity index is 1280. The molecule has 0 aliphatic carbocycles. The van der Waals surface area contributed by atoms with Gasteiger partial charge in [0.15, 0.2) is 0 Å². The van der Waals surface area contributed by atoms with E-state index in [0.717, 1.165) is 49.0 Å². The molecule has 2 aliphatic rings. The van der Waals surface area contributed by atoms with E-state index < -0.39 is 11.8 Å². The summed E-state index contributed by atoms with van der Waals surface area (Å²) in [4.78, 5) is 34.4. The van der Waals surface area contributed by atoms with E-state index in [1.165, 1.54) is 12.1 Å². The average Bonchev–Trinajstić information content (AvgIpc) is 3.61. The van der Waals surface area contributed by atoms with E-state index in [0.29, 0.717) is 11.4 Å². The normalized spacial score (nSPS) is 13.6. The molecule has 38 heavy (non-hydrogen) atoms. The van der Waals surface area contributed by atoms with E-state index >= 15 is 0 Å². The number of rotatable bonds is 6. The number of anilines is 2. The molecule has 0 spiro atoms. The number of carbonyl (C=O) groups excluding carboxylic acids is 2. The molecule has 3 aromatic rings. The lowest BCUT2D eigenvalue weighted by Crippen LogP contribution is -2.19. The highest BCUT2D eigenvalue weighted by Gasteiger charge is 2.19. The first-order valence-corrected chi connectivity index (χ1v) is 12.1. The zero-order valence-electron chi connectivity index (χ0n) is 19.9. The van der Waals surface area contributed by atoms with Gasteiger partial charge in [-0.25, -0.2) is 0 Å². The third-order valence-electron chi connectivity index (χ3n) is 5.73.